The van der Waals surface area contributed by atoms with Crippen molar-refractivity contribution in [2.75, 3.05) is 40.3 Å². The van der Waals surface area contributed by atoms with Gasteiger partial charge in [-0.25, -0.2) is 0 Å². The average Bonchev–Trinajstić information content (AvgIpc) is 2.54. The van der Waals surface area contributed by atoms with Gasteiger partial charge in [0.1, 0.15) is 0 Å². The second-order valence-corrected chi connectivity index (χ2v) is 6.68. The molecule has 1 aliphatic heterocycles. The lowest BCUT2D eigenvalue weighted by Crippen LogP contribution is -2.45. The van der Waals surface area contributed by atoms with Crippen LogP contribution in [-0.4, -0.2) is 67.3 Å². The first-order valence-electron chi connectivity index (χ1n) is 8.34. The smallest absolute Gasteiger partial charge is 0.0991 e. The summed E-state index contributed by atoms with van der Waals surface area (Å²) in [5, 5.41) is 22.2. The number of nitrogens with one attached hydrogen (secondary N) is 1. The van der Waals surface area contributed by atoms with Gasteiger partial charge in [-0.15, -0.1) is 0 Å². The van der Waals surface area contributed by atoms with Gasteiger partial charge >= 0.3 is 0 Å². The second-order valence-electron chi connectivity index (χ2n) is 6.68. The fraction of sp³-hybridized carbons (Fsp3) is 0.611. The third-order valence-corrected chi connectivity index (χ3v) is 4.29. The molecular formula is C18H28N4O. The van der Waals surface area contributed by atoms with Crippen molar-refractivity contribution in [2.45, 2.75) is 31.5 Å². The van der Waals surface area contributed by atoms with Crippen LogP contribution in [0, 0.1) is 11.3 Å². The van der Waals surface area contributed by atoms with Crippen LogP contribution >= 0.6 is 0 Å². The van der Waals surface area contributed by atoms with Gasteiger partial charge in [0, 0.05) is 25.7 Å². The minimum Gasteiger partial charge on any atom is -0.390 e. The van der Waals surface area contributed by atoms with Gasteiger partial charge in [-0.1, -0.05) is 12.1 Å². The molecule has 0 saturated carbocycles. The lowest BCUT2D eigenvalue weighted by molar-refractivity contribution is 0.122. The second kappa shape index (κ2) is 8.99. The maximum atomic E-state index is 9.90. The molecule has 5 heteroatoms. The van der Waals surface area contributed by atoms with Gasteiger partial charge in [0.05, 0.1) is 17.7 Å². The van der Waals surface area contributed by atoms with Gasteiger partial charge in [-0.05, 0) is 57.7 Å². The zero-order valence-electron chi connectivity index (χ0n) is 14.2. The van der Waals surface area contributed by atoms with E-state index >= 15 is 0 Å². The van der Waals surface area contributed by atoms with E-state index in [4.69, 9.17) is 5.26 Å². The van der Waals surface area contributed by atoms with Crippen molar-refractivity contribution in [3.05, 3.63) is 35.4 Å². The molecule has 126 valence electrons. The number of aliphatic hydroxyl groups excluding tert-OH is 1. The first-order chi connectivity index (χ1) is 11.1. The molecule has 5 nitrogen and oxygen atoms in total. The average molecular weight is 316 g/mol. The van der Waals surface area contributed by atoms with Gasteiger partial charge < -0.3 is 15.3 Å². The standard InChI is InChI=1S/C18H28N4O/c1-21(2)14-18(23)12-20-17-7-9-22(10-8-17)13-16-5-3-15(11-19)4-6-16/h3-6,17-18,20,23H,7-10,12-14H2,1-2H3. The number of likely N-dealkylation sites (tertiary alicyclic amines) is 1. The van der Waals surface area contributed by atoms with E-state index in [1.54, 1.807) is 0 Å². The molecule has 1 aromatic carbocycles. The highest BCUT2D eigenvalue weighted by Crippen LogP contribution is 2.14. The number of piperidine rings is 1. The van der Waals surface area contributed by atoms with Crippen molar-refractivity contribution in [1.82, 2.24) is 15.1 Å². The van der Waals surface area contributed by atoms with Crippen LogP contribution in [0.1, 0.15) is 24.0 Å². The highest BCUT2D eigenvalue weighted by molar-refractivity contribution is 5.31. The first-order valence-corrected chi connectivity index (χ1v) is 8.34. The largest absolute Gasteiger partial charge is 0.390 e. The number of likely N-dealkylation sites (N-methyl/N-ethyl adjacent to an activating group) is 1. The van der Waals surface area contributed by atoms with Crippen molar-refractivity contribution < 1.29 is 5.11 Å². The van der Waals surface area contributed by atoms with Crippen molar-refractivity contribution in [3.8, 4) is 6.07 Å². The van der Waals surface area contributed by atoms with Crippen LogP contribution in [0.25, 0.3) is 0 Å². The molecule has 1 saturated heterocycles. The van der Waals surface area contributed by atoms with Crippen LogP contribution in [0.5, 0.6) is 0 Å². The summed E-state index contributed by atoms with van der Waals surface area (Å²) in [5.41, 5.74) is 1.98. The molecule has 0 bridgehead atoms. The third kappa shape index (κ3) is 6.28. The molecule has 2 N–H and O–H groups in total. The summed E-state index contributed by atoms with van der Waals surface area (Å²) in [6, 6.07) is 10.5. The first kappa shape index (κ1) is 17.9. The number of aliphatic hydroxyl groups is 1. The fourth-order valence-corrected chi connectivity index (χ4v) is 3.03. The summed E-state index contributed by atoms with van der Waals surface area (Å²) in [5.74, 6) is 0. The number of rotatable bonds is 7. The van der Waals surface area contributed by atoms with Gasteiger partial charge in [0.25, 0.3) is 0 Å². The highest BCUT2D eigenvalue weighted by Gasteiger charge is 2.19. The predicted molar refractivity (Wildman–Crippen MR) is 92.0 cm³/mol. The Hall–Kier alpha value is -1.45. The summed E-state index contributed by atoms with van der Waals surface area (Å²) < 4.78 is 0. The zero-order valence-corrected chi connectivity index (χ0v) is 14.2. The van der Waals surface area contributed by atoms with E-state index < -0.39 is 0 Å². The van der Waals surface area contributed by atoms with Crippen molar-refractivity contribution in [3.63, 3.8) is 0 Å². The van der Waals surface area contributed by atoms with Gasteiger partial charge in [-0.2, -0.15) is 5.26 Å². The van der Waals surface area contributed by atoms with Crippen LogP contribution in [-0.2, 0) is 6.54 Å². The molecule has 1 unspecified atom stereocenters. The summed E-state index contributed by atoms with van der Waals surface area (Å²) in [6.07, 6.45) is 1.93. The molecule has 1 fully saturated rings. The molecule has 0 aliphatic carbocycles. The van der Waals surface area contributed by atoms with E-state index in [9.17, 15) is 5.11 Å². The molecule has 0 radical (unpaired) electrons. The molecule has 1 aromatic rings. The Bertz CT molecular complexity index is 501. The maximum Gasteiger partial charge on any atom is 0.0991 e. The Labute approximate surface area is 139 Å². The summed E-state index contributed by atoms with van der Waals surface area (Å²) in [4.78, 5) is 4.46. The van der Waals surface area contributed by atoms with Gasteiger partial charge in [0.2, 0.25) is 0 Å². The minimum atomic E-state index is -0.304. The van der Waals surface area contributed by atoms with Crippen LogP contribution in [0.15, 0.2) is 24.3 Å². The Morgan fingerprint density at radius 1 is 1.30 bits per heavy atom. The molecule has 1 atom stereocenters. The monoisotopic (exact) mass is 316 g/mol. The lowest BCUT2D eigenvalue weighted by atomic mass is 10.0. The van der Waals surface area contributed by atoms with Crippen LogP contribution in [0.2, 0.25) is 0 Å². The number of nitriles is 1. The van der Waals surface area contributed by atoms with E-state index in [-0.39, 0.29) is 6.10 Å². The van der Waals surface area contributed by atoms with E-state index in [0.717, 1.165) is 32.5 Å². The van der Waals surface area contributed by atoms with Crippen molar-refractivity contribution >= 4 is 0 Å². The predicted octanol–water partition coefficient (Wildman–Crippen LogP) is 1.03. The molecule has 1 heterocycles. The SMILES string of the molecule is CN(C)CC(O)CNC1CCN(Cc2ccc(C#N)cc2)CC1. The van der Waals surface area contributed by atoms with Crippen molar-refractivity contribution in [1.29, 1.82) is 5.26 Å². The number of benzene rings is 1. The van der Waals surface area contributed by atoms with Crippen molar-refractivity contribution in [2.24, 2.45) is 0 Å². The molecular weight excluding hydrogens is 288 g/mol. The Balaban J connectivity index is 1.68. The Kier molecular flexibility index (Phi) is 7.00. The zero-order chi connectivity index (χ0) is 16.7. The van der Waals surface area contributed by atoms with E-state index in [2.05, 4.69) is 16.3 Å². The molecule has 2 rings (SSSR count). The quantitative estimate of drug-likeness (QED) is 0.787. The van der Waals surface area contributed by atoms with Crippen LogP contribution in [0.4, 0.5) is 0 Å². The molecule has 0 amide bonds. The minimum absolute atomic E-state index is 0.304. The summed E-state index contributed by atoms with van der Waals surface area (Å²) >= 11 is 0. The molecule has 0 aromatic heterocycles. The summed E-state index contributed by atoms with van der Waals surface area (Å²) in [7, 11) is 3.95. The van der Waals surface area contributed by atoms with E-state index in [1.165, 1.54) is 5.56 Å². The van der Waals surface area contributed by atoms with E-state index in [1.807, 2.05) is 43.3 Å². The van der Waals surface area contributed by atoms with E-state index in [0.29, 0.717) is 24.7 Å². The Morgan fingerprint density at radius 2 is 1.96 bits per heavy atom. The highest BCUT2D eigenvalue weighted by atomic mass is 16.3. The number of hydrogen-bond donors (Lipinski definition) is 2. The molecule has 0 spiro atoms. The third-order valence-electron chi connectivity index (χ3n) is 4.29. The molecule has 23 heavy (non-hydrogen) atoms. The Morgan fingerprint density at radius 3 is 2.52 bits per heavy atom. The van der Waals surface area contributed by atoms with Gasteiger partial charge in [0.15, 0.2) is 0 Å². The topological polar surface area (TPSA) is 62.5 Å². The molecule has 1 aliphatic rings. The number of nitrogens with zero attached hydrogens (tertiary/aromatic N) is 3. The van der Waals surface area contributed by atoms with Gasteiger partial charge in [-0.3, -0.25) is 4.90 Å². The van der Waals surface area contributed by atoms with Crippen LogP contribution in [0.3, 0.4) is 0 Å². The fourth-order valence-electron chi connectivity index (χ4n) is 3.03. The maximum absolute atomic E-state index is 9.90. The normalized spacial score (nSPS) is 18.0. The lowest BCUT2D eigenvalue weighted by Gasteiger charge is -2.33. The number of hydrogen-bond acceptors (Lipinski definition) is 5. The summed E-state index contributed by atoms with van der Waals surface area (Å²) in [6.45, 7) is 4.45. The van der Waals surface area contributed by atoms with Crippen LogP contribution < -0.4 is 5.32 Å².